The summed E-state index contributed by atoms with van der Waals surface area (Å²) in [6.45, 7) is 1.93. The lowest BCUT2D eigenvalue weighted by Crippen LogP contribution is -2.13. The molecule has 2 rings (SSSR count). The third-order valence-corrected chi connectivity index (χ3v) is 4.98. The van der Waals surface area contributed by atoms with E-state index in [0.717, 1.165) is 6.42 Å². The summed E-state index contributed by atoms with van der Waals surface area (Å²) in [5.41, 5.74) is 0.943. The SMILES string of the molecule is CCCC(=O)c1ccc(NS(=O)(=O)c2ccc(OC)c(OC)c2)cc1. The van der Waals surface area contributed by atoms with Gasteiger partial charge in [0.2, 0.25) is 0 Å². The molecule has 0 aromatic heterocycles. The van der Waals surface area contributed by atoms with E-state index in [4.69, 9.17) is 9.47 Å². The van der Waals surface area contributed by atoms with Crippen LogP contribution >= 0.6 is 0 Å². The summed E-state index contributed by atoms with van der Waals surface area (Å²) in [7, 11) is -0.869. The topological polar surface area (TPSA) is 81.7 Å². The van der Waals surface area contributed by atoms with Gasteiger partial charge in [-0.2, -0.15) is 0 Å². The number of sulfonamides is 1. The second-order valence-electron chi connectivity index (χ2n) is 5.37. The minimum Gasteiger partial charge on any atom is -0.493 e. The smallest absolute Gasteiger partial charge is 0.262 e. The normalized spacial score (nSPS) is 11.0. The molecule has 0 aliphatic heterocycles. The van der Waals surface area contributed by atoms with E-state index in [1.807, 2.05) is 6.92 Å². The fraction of sp³-hybridized carbons (Fsp3) is 0.278. The van der Waals surface area contributed by atoms with Crippen molar-refractivity contribution in [1.82, 2.24) is 0 Å². The van der Waals surface area contributed by atoms with Crippen molar-refractivity contribution in [2.45, 2.75) is 24.7 Å². The quantitative estimate of drug-likeness (QED) is 0.726. The molecule has 0 saturated carbocycles. The Bertz CT molecular complexity index is 844. The van der Waals surface area contributed by atoms with Crippen molar-refractivity contribution in [2.75, 3.05) is 18.9 Å². The molecule has 0 atom stereocenters. The minimum atomic E-state index is -3.78. The van der Waals surface area contributed by atoms with Crippen LogP contribution < -0.4 is 14.2 Å². The Morgan fingerprint density at radius 1 is 1.00 bits per heavy atom. The van der Waals surface area contributed by atoms with Gasteiger partial charge in [0.05, 0.1) is 19.1 Å². The highest BCUT2D eigenvalue weighted by atomic mass is 32.2. The number of nitrogens with one attached hydrogen (secondary N) is 1. The van der Waals surface area contributed by atoms with E-state index in [9.17, 15) is 13.2 Å². The van der Waals surface area contributed by atoms with Gasteiger partial charge in [-0.1, -0.05) is 6.92 Å². The number of carbonyl (C=O) groups is 1. The molecule has 0 aliphatic carbocycles. The summed E-state index contributed by atoms with van der Waals surface area (Å²) in [5.74, 6) is 0.808. The van der Waals surface area contributed by atoms with E-state index in [-0.39, 0.29) is 10.7 Å². The van der Waals surface area contributed by atoms with E-state index in [2.05, 4.69) is 4.72 Å². The zero-order valence-corrected chi connectivity index (χ0v) is 15.2. The van der Waals surface area contributed by atoms with Gasteiger partial charge in [0, 0.05) is 23.7 Å². The molecule has 0 spiro atoms. The molecule has 0 heterocycles. The molecule has 134 valence electrons. The molecule has 0 fully saturated rings. The fourth-order valence-corrected chi connectivity index (χ4v) is 3.37. The summed E-state index contributed by atoms with van der Waals surface area (Å²) in [6.07, 6.45) is 1.24. The van der Waals surface area contributed by atoms with E-state index < -0.39 is 10.0 Å². The first kappa shape index (κ1) is 18.8. The number of ether oxygens (including phenoxy) is 2. The summed E-state index contributed by atoms with van der Waals surface area (Å²) in [4.78, 5) is 11.9. The fourth-order valence-electron chi connectivity index (χ4n) is 2.29. The maximum absolute atomic E-state index is 12.5. The molecule has 0 bridgehead atoms. The van der Waals surface area contributed by atoms with Crippen molar-refractivity contribution < 1.29 is 22.7 Å². The molecule has 2 aromatic rings. The average molecular weight is 363 g/mol. The average Bonchev–Trinajstić information content (AvgIpc) is 2.61. The van der Waals surface area contributed by atoms with Crippen LogP contribution in [-0.2, 0) is 10.0 Å². The van der Waals surface area contributed by atoms with Crippen LogP contribution in [-0.4, -0.2) is 28.4 Å². The van der Waals surface area contributed by atoms with Crippen LogP contribution in [0.15, 0.2) is 47.4 Å². The van der Waals surface area contributed by atoms with Crippen LogP contribution in [0.2, 0.25) is 0 Å². The molecule has 1 N–H and O–H groups in total. The summed E-state index contributed by atoms with van der Waals surface area (Å²) in [5, 5.41) is 0. The van der Waals surface area contributed by atoms with Crippen molar-refractivity contribution in [1.29, 1.82) is 0 Å². The molecule has 0 aliphatic rings. The van der Waals surface area contributed by atoms with Crippen molar-refractivity contribution in [3.8, 4) is 11.5 Å². The second-order valence-corrected chi connectivity index (χ2v) is 7.06. The van der Waals surface area contributed by atoms with E-state index in [1.165, 1.54) is 32.4 Å². The first-order valence-electron chi connectivity index (χ1n) is 7.79. The Morgan fingerprint density at radius 2 is 1.64 bits per heavy atom. The number of methoxy groups -OCH3 is 2. The zero-order valence-electron chi connectivity index (χ0n) is 14.4. The van der Waals surface area contributed by atoms with Gasteiger partial charge < -0.3 is 9.47 Å². The Morgan fingerprint density at radius 3 is 2.20 bits per heavy atom. The molecular weight excluding hydrogens is 342 g/mol. The zero-order chi connectivity index (χ0) is 18.4. The van der Waals surface area contributed by atoms with Gasteiger partial charge in [-0.25, -0.2) is 8.42 Å². The number of hydrogen-bond acceptors (Lipinski definition) is 5. The van der Waals surface area contributed by atoms with Crippen LogP contribution in [0.5, 0.6) is 11.5 Å². The van der Waals surface area contributed by atoms with E-state index >= 15 is 0 Å². The van der Waals surface area contributed by atoms with Gasteiger partial charge in [-0.05, 0) is 42.8 Å². The monoisotopic (exact) mass is 363 g/mol. The lowest BCUT2D eigenvalue weighted by Gasteiger charge is -2.12. The minimum absolute atomic E-state index is 0.0387. The number of rotatable bonds is 8. The maximum atomic E-state index is 12.5. The van der Waals surface area contributed by atoms with Crippen molar-refractivity contribution >= 4 is 21.5 Å². The number of benzene rings is 2. The lowest BCUT2D eigenvalue weighted by molar-refractivity contribution is 0.0982. The molecular formula is C18H21NO5S. The molecule has 7 heteroatoms. The van der Waals surface area contributed by atoms with Gasteiger partial charge in [-0.3, -0.25) is 9.52 Å². The Kier molecular flexibility index (Phi) is 6.03. The summed E-state index contributed by atoms with van der Waals surface area (Å²) >= 11 is 0. The Hall–Kier alpha value is -2.54. The van der Waals surface area contributed by atoms with Crippen LogP contribution in [0.1, 0.15) is 30.1 Å². The summed E-state index contributed by atoms with van der Waals surface area (Å²) < 4.78 is 37.8. The molecule has 0 amide bonds. The third kappa shape index (κ3) is 4.51. The molecule has 0 unspecified atom stereocenters. The molecule has 25 heavy (non-hydrogen) atoms. The summed E-state index contributed by atoms with van der Waals surface area (Å²) in [6, 6.07) is 10.7. The highest BCUT2D eigenvalue weighted by molar-refractivity contribution is 7.92. The number of anilines is 1. The first-order chi connectivity index (χ1) is 11.9. The lowest BCUT2D eigenvalue weighted by atomic mass is 10.1. The number of ketones is 1. The molecule has 6 nitrogen and oxygen atoms in total. The second kappa shape index (κ2) is 8.02. The van der Waals surface area contributed by atoms with Gasteiger partial charge in [0.25, 0.3) is 10.0 Å². The van der Waals surface area contributed by atoms with Crippen molar-refractivity contribution in [3.63, 3.8) is 0 Å². The predicted octanol–water partition coefficient (Wildman–Crippen LogP) is 3.49. The number of carbonyl (C=O) groups excluding carboxylic acids is 1. The van der Waals surface area contributed by atoms with Crippen LogP contribution in [0.4, 0.5) is 5.69 Å². The maximum Gasteiger partial charge on any atom is 0.262 e. The first-order valence-corrected chi connectivity index (χ1v) is 9.27. The number of hydrogen-bond donors (Lipinski definition) is 1. The highest BCUT2D eigenvalue weighted by Gasteiger charge is 2.17. The van der Waals surface area contributed by atoms with E-state index in [0.29, 0.717) is 29.2 Å². The van der Waals surface area contributed by atoms with Gasteiger partial charge in [0.15, 0.2) is 17.3 Å². The third-order valence-electron chi connectivity index (χ3n) is 3.60. The Labute approximate surface area is 147 Å². The predicted molar refractivity (Wildman–Crippen MR) is 96.0 cm³/mol. The van der Waals surface area contributed by atoms with Gasteiger partial charge in [-0.15, -0.1) is 0 Å². The standard InChI is InChI=1S/C18H21NO5S/c1-4-5-16(20)13-6-8-14(9-7-13)19-25(21,22)15-10-11-17(23-2)18(12-15)24-3/h6-12,19H,4-5H2,1-3H3. The van der Waals surface area contributed by atoms with Crippen LogP contribution in [0, 0.1) is 0 Å². The molecule has 2 aromatic carbocycles. The van der Waals surface area contributed by atoms with Gasteiger partial charge >= 0.3 is 0 Å². The van der Waals surface area contributed by atoms with Crippen LogP contribution in [0.3, 0.4) is 0 Å². The van der Waals surface area contributed by atoms with Gasteiger partial charge in [0.1, 0.15) is 0 Å². The molecule has 0 radical (unpaired) electrons. The number of Topliss-reactive ketones (excluding diaryl/α,β-unsaturated/α-hetero) is 1. The Balaban J connectivity index is 2.22. The van der Waals surface area contributed by atoms with Crippen LogP contribution in [0.25, 0.3) is 0 Å². The highest BCUT2D eigenvalue weighted by Crippen LogP contribution is 2.30. The van der Waals surface area contributed by atoms with Crippen molar-refractivity contribution in [3.05, 3.63) is 48.0 Å². The largest absolute Gasteiger partial charge is 0.493 e. The van der Waals surface area contributed by atoms with E-state index in [1.54, 1.807) is 24.3 Å². The van der Waals surface area contributed by atoms with Crippen molar-refractivity contribution in [2.24, 2.45) is 0 Å². The molecule has 0 saturated heterocycles.